The number of hydrogen-bond donors (Lipinski definition) is 1. The summed E-state index contributed by atoms with van der Waals surface area (Å²) in [5.74, 6) is -1.64. The third-order valence-electron chi connectivity index (χ3n) is 2.18. The molecule has 0 saturated heterocycles. The number of nitrogens with zero attached hydrogens (tertiary/aromatic N) is 1. The molecule has 0 unspecified atom stereocenters. The molecule has 2 rings (SSSR count). The van der Waals surface area contributed by atoms with Gasteiger partial charge in [-0.15, -0.1) is 0 Å². The standard InChI is InChI=1S/C11H9ClN2O2.Li/c1-6-2-4-7(5-3-6)8-9(12)14-10(13-8)11(15)16;/h2-5H,1H3,(H,13,14)(H,15,16);/q;+1/p-1. The Kier molecular flexibility index (Phi) is 4.41. The molecule has 1 aromatic carbocycles. The van der Waals surface area contributed by atoms with E-state index in [-0.39, 0.29) is 29.8 Å². The number of H-pyrrole nitrogens is 1. The summed E-state index contributed by atoms with van der Waals surface area (Å²) in [6.07, 6.45) is 0. The first-order valence-electron chi connectivity index (χ1n) is 4.62. The van der Waals surface area contributed by atoms with Crippen molar-refractivity contribution in [3.8, 4) is 11.3 Å². The fourth-order valence-corrected chi connectivity index (χ4v) is 1.59. The summed E-state index contributed by atoms with van der Waals surface area (Å²) < 4.78 is 0. The Morgan fingerprint density at radius 3 is 2.41 bits per heavy atom. The number of hydrogen-bond acceptors (Lipinski definition) is 3. The molecule has 4 nitrogen and oxygen atoms in total. The Morgan fingerprint density at radius 1 is 1.35 bits per heavy atom. The predicted octanol–water partition coefficient (Wildman–Crippen LogP) is -1.59. The maximum atomic E-state index is 10.6. The molecular formula is C11H8ClLiN2O2. The molecule has 0 spiro atoms. The van der Waals surface area contributed by atoms with Gasteiger partial charge in [-0.05, 0) is 6.92 Å². The van der Waals surface area contributed by atoms with Gasteiger partial charge in [-0.3, -0.25) is 0 Å². The molecule has 1 N–H and O–H groups in total. The monoisotopic (exact) mass is 242 g/mol. The SMILES string of the molecule is Cc1ccc(-c2nc(C(=O)[O-])[nH]c2Cl)cc1.[Li+]. The first kappa shape index (κ1) is 13.9. The van der Waals surface area contributed by atoms with Gasteiger partial charge in [0, 0.05) is 5.56 Å². The molecule has 17 heavy (non-hydrogen) atoms. The number of carbonyl (C=O) groups is 1. The van der Waals surface area contributed by atoms with Crippen molar-refractivity contribution in [2.24, 2.45) is 0 Å². The van der Waals surface area contributed by atoms with Gasteiger partial charge >= 0.3 is 18.9 Å². The van der Waals surface area contributed by atoms with Crippen LogP contribution in [0, 0.1) is 6.92 Å². The van der Waals surface area contributed by atoms with E-state index in [0.29, 0.717) is 5.69 Å². The second kappa shape index (κ2) is 5.41. The number of aromatic amines is 1. The number of imidazole rings is 1. The van der Waals surface area contributed by atoms with E-state index in [0.717, 1.165) is 11.1 Å². The molecule has 6 heteroatoms. The molecule has 0 saturated carbocycles. The van der Waals surface area contributed by atoms with Crippen LogP contribution >= 0.6 is 11.6 Å². The van der Waals surface area contributed by atoms with Crippen molar-refractivity contribution >= 4 is 17.6 Å². The Bertz CT molecular complexity index is 537. The Labute approximate surface area is 115 Å². The molecule has 0 fully saturated rings. The van der Waals surface area contributed by atoms with Gasteiger partial charge in [0.2, 0.25) is 0 Å². The number of carboxylic acids is 1. The van der Waals surface area contributed by atoms with Crippen LogP contribution in [0.1, 0.15) is 16.2 Å². The molecule has 0 amide bonds. The fraction of sp³-hybridized carbons (Fsp3) is 0.0909. The van der Waals surface area contributed by atoms with E-state index in [1.54, 1.807) is 0 Å². The summed E-state index contributed by atoms with van der Waals surface area (Å²) in [4.78, 5) is 16.9. The number of benzene rings is 1. The van der Waals surface area contributed by atoms with E-state index in [1.807, 2.05) is 31.2 Å². The molecule has 1 aromatic heterocycles. The average Bonchev–Trinajstić information content (AvgIpc) is 2.62. The summed E-state index contributed by atoms with van der Waals surface area (Å²) in [6, 6.07) is 7.46. The zero-order valence-corrected chi connectivity index (χ0v) is 10.2. The number of aromatic nitrogens is 2. The van der Waals surface area contributed by atoms with Crippen molar-refractivity contribution in [1.29, 1.82) is 0 Å². The van der Waals surface area contributed by atoms with Gasteiger partial charge in [0.05, 0.1) is 0 Å². The summed E-state index contributed by atoms with van der Waals surface area (Å²) in [5, 5.41) is 10.8. The van der Waals surface area contributed by atoms with Crippen molar-refractivity contribution in [3.05, 3.63) is 40.8 Å². The molecule has 0 aliphatic carbocycles. The van der Waals surface area contributed by atoms with E-state index >= 15 is 0 Å². The van der Waals surface area contributed by atoms with Crippen molar-refractivity contribution < 1.29 is 28.8 Å². The molecular weight excluding hydrogens is 235 g/mol. The minimum Gasteiger partial charge on any atom is -0.542 e. The van der Waals surface area contributed by atoms with Crippen molar-refractivity contribution in [2.75, 3.05) is 0 Å². The van der Waals surface area contributed by atoms with E-state index in [1.165, 1.54) is 0 Å². The topological polar surface area (TPSA) is 68.8 Å². The normalized spacial score (nSPS) is 9.76. The zero-order chi connectivity index (χ0) is 11.7. The van der Waals surface area contributed by atoms with Gasteiger partial charge in [0.15, 0.2) is 5.82 Å². The number of halogens is 1. The number of nitrogens with one attached hydrogen (secondary N) is 1. The second-order valence-corrected chi connectivity index (χ2v) is 3.78. The number of rotatable bonds is 2. The van der Waals surface area contributed by atoms with Crippen LogP contribution in [-0.4, -0.2) is 15.9 Å². The maximum absolute atomic E-state index is 10.6. The minimum absolute atomic E-state index is 0. The molecule has 0 aliphatic rings. The Morgan fingerprint density at radius 2 is 1.94 bits per heavy atom. The van der Waals surface area contributed by atoms with Crippen LogP contribution in [-0.2, 0) is 0 Å². The molecule has 0 bridgehead atoms. The van der Waals surface area contributed by atoms with Gasteiger partial charge in [0.1, 0.15) is 16.8 Å². The zero-order valence-electron chi connectivity index (χ0n) is 9.45. The summed E-state index contributed by atoms with van der Waals surface area (Å²) in [7, 11) is 0. The largest absolute Gasteiger partial charge is 1.00 e. The van der Waals surface area contributed by atoms with Crippen LogP contribution in [0.25, 0.3) is 11.3 Å². The van der Waals surface area contributed by atoms with Crippen LogP contribution in [0.2, 0.25) is 5.15 Å². The Hall–Kier alpha value is -1.21. The predicted molar refractivity (Wildman–Crippen MR) is 58.1 cm³/mol. The third kappa shape index (κ3) is 2.92. The van der Waals surface area contributed by atoms with Crippen molar-refractivity contribution in [2.45, 2.75) is 6.92 Å². The van der Waals surface area contributed by atoms with Crippen LogP contribution < -0.4 is 24.0 Å². The quantitative estimate of drug-likeness (QED) is 0.646. The summed E-state index contributed by atoms with van der Waals surface area (Å²) in [5.41, 5.74) is 2.29. The molecule has 82 valence electrons. The van der Waals surface area contributed by atoms with Crippen LogP contribution in [0.3, 0.4) is 0 Å². The molecule has 2 aromatic rings. The Balaban J connectivity index is 0.00000144. The van der Waals surface area contributed by atoms with E-state index in [9.17, 15) is 9.90 Å². The fourth-order valence-electron chi connectivity index (χ4n) is 1.35. The average molecular weight is 243 g/mol. The second-order valence-electron chi connectivity index (χ2n) is 3.40. The molecule has 0 atom stereocenters. The summed E-state index contributed by atoms with van der Waals surface area (Å²) in [6.45, 7) is 1.96. The van der Waals surface area contributed by atoms with E-state index in [4.69, 9.17) is 11.6 Å². The summed E-state index contributed by atoms with van der Waals surface area (Å²) >= 11 is 5.85. The van der Waals surface area contributed by atoms with Gasteiger partial charge in [-0.25, -0.2) is 4.98 Å². The first-order valence-corrected chi connectivity index (χ1v) is 4.99. The van der Waals surface area contributed by atoms with E-state index < -0.39 is 5.97 Å². The van der Waals surface area contributed by atoms with Crippen LogP contribution in [0.15, 0.2) is 24.3 Å². The number of carboxylic acid groups (broad SMARTS) is 1. The van der Waals surface area contributed by atoms with Gasteiger partial charge in [0.25, 0.3) is 0 Å². The first-order chi connectivity index (χ1) is 7.58. The molecule has 0 aliphatic heterocycles. The third-order valence-corrected chi connectivity index (χ3v) is 2.45. The van der Waals surface area contributed by atoms with Crippen molar-refractivity contribution in [1.82, 2.24) is 9.97 Å². The van der Waals surface area contributed by atoms with E-state index in [2.05, 4.69) is 9.97 Å². The van der Waals surface area contributed by atoms with Crippen molar-refractivity contribution in [3.63, 3.8) is 0 Å². The van der Waals surface area contributed by atoms with Gasteiger partial charge in [-0.1, -0.05) is 41.4 Å². The molecule has 1 heterocycles. The van der Waals surface area contributed by atoms with Crippen LogP contribution in [0.4, 0.5) is 0 Å². The number of aryl methyl sites for hydroxylation is 1. The number of carbonyl (C=O) groups excluding carboxylic acids is 1. The minimum atomic E-state index is -1.37. The number of aromatic carboxylic acids is 1. The van der Waals surface area contributed by atoms with Gasteiger partial charge < -0.3 is 14.9 Å². The smallest absolute Gasteiger partial charge is 0.542 e. The van der Waals surface area contributed by atoms with Crippen LogP contribution in [0.5, 0.6) is 0 Å². The van der Waals surface area contributed by atoms with Gasteiger partial charge in [-0.2, -0.15) is 0 Å². The molecule has 0 radical (unpaired) electrons. The maximum Gasteiger partial charge on any atom is 1.00 e.